The number of aryl methyl sites for hydroxylation is 1. The smallest absolute Gasteiger partial charge is 0.253 e. The molecule has 0 fully saturated rings. The molecule has 106 valence electrons. The van der Waals surface area contributed by atoms with Crippen LogP contribution in [-0.4, -0.2) is 29.1 Å². The van der Waals surface area contributed by atoms with Crippen molar-refractivity contribution in [1.82, 2.24) is 14.9 Å². The number of carbonyl (C=O) groups excluding carboxylic acids is 1. The van der Waals surface area contributed by atoms with Crippen molar-refractivity contribution in [2.24, 2.45) is 7.05 Å². The number of nitrogens with one attached hydrogen (secondary N) is 1. The number of benzene rings is 1. The number of methoxy groups -OCH3 is 1. The summed E-state index contributed by atoms with van der Waals surface area (Å²) >= 11 is 0. The van der Waals surface area contributed by atoms with Crippen LogP contribution in [0.5, 0.6) is 5.75 Å². The summed E-state index contributed by atoms with van der Waals surface area (Å²) in [5.41, 5.74) is 6.65. The molecule has 0 radical (unpaired) electrons. The molecule has 0 atom stereocenters. The van der Waals surface area contributed by atoms with Crippen molar-refractivity contribution >= 4 is 11.6 Å². The summed E-state index contributed by atoms with van der Waals surface area (Å²) in [5.74, 6) is 1.21. The number of para-hydroxylation sites is 1. The number of anilines is 1. The van der Waals surface area contributed by atoms with Gasteiger partial charge in [-0.25, -0.2) is 4.98 Å². The highest BCUT2D eigenvalue weighted by molar-refractivity contribution is 6.00. The Morgan fingerprint density at radius 1 is 1.50 bits per heavy atom. The highest BCUT2D eigenvalue weighted by Crippen LogP contribution is 2.24. The lowest BCUT2D eigenvalue weighted by Crippen LogP contribution is -2.27. The van der Waals surface area contributed by atoms with E-state index in [0.29, 0.717) is 30.0 Å². The monoisotopic (exact) mass is 274 g/mol. The molecule has 1 amide bonds. The lowest BCUT2D eigenvalue weighted by molar-refractivity contribution is 0.0954. The summed E-state index contributed by atoms with van der Waals surface area (Å²) in [5, 5.41) is 2.83. The lowest BCUT2D eigenvalue weighted by atomic mass is 10.1. The second kappa shape index (κ2) is 6.10. The molecule has 0 aliphatic heterocycles. The zero-order valence-electron chi connectivity index (χ0n) is 11.6. The maximum absolute atomic E-state index is 12.1. The van der Waals surface area contributed by atoms with E-state index in [9.17, 15) is 4.79 Å². The second-order valence-corrected chi connectivity index (χ2v) is 4.38. The first-order chi connectivity index (χ1) is 9.63. The highest BCUT2D eigenvalue weighted by Gasteiger charge is 2.12. The number of nitrogen functional groups attached to an aromatic ring is 1. The van der Waals surface area contributed by atoms with Gasteiger partial charge in [-0.2, -0.15) is 0 Å². The number of nitrogens with zero attached hydrogens (tertiary/aromatic N) is 2. The van der Waals surface area contributed by atoms with Gasteiger partial charge in [-0.05, 0) is 12.1 Å². The molecule has 0 aliphatic rings. The molecule has 20 heavy (non-hydrogen) atoms. The van der Waals surface area contributed by atoms with Gasteiger partial charge in [0.05, 0.1) is 18.4 Å². The Morgan fingerprint density at radius 3 is 2.95 bits per heavy atom. The third-order valence-electron chi connectivity index (χ3n) is 3.09. The van der Waals surface area contributed by atoms with Gasteiger partial charge in [-0.1, -0.05) is 6.07 Å². The molecule has 0 saturated carbocycles. The minimum absolute atomic E-state index is 0.212. The minimum Gasteiger partial charge on any atom is -0.495 e. The quantitative estimate of drug-likeness (QED) is 0.796. The second-order valence-electron chi connectivity index (χ2n) is 4.38. The highest BCUT2D eigenvalue weighted by atomic mass is 16.5. The van der Waals surface area contributed by atoms with E-state index in [-0.39, 0.29) is 5.91 Å². The van der Waals surface area contributed by atoms with E-state index in [1.54, 1.807) is 24.4 Å². The van der Waals surface area contributed by atoms with E-state index in [1.165, 1.54) is 7.11 Å². The number of nitrogens with two attached hydrogens (primary N) is 1. The van der Waals surface area contributed by atoms with Crippen molar-refractivity contribution in [3.8, 4) is 5.75 Å². The Labute approximate surface area is 117 Å². The molecule has 3 N–H and O–H groups in total. The largest absolute Gasteiger partial charge is 0.495 e. The first-order valence-electron chi connectivity index (χ1n) is 6.30. The van der Waals surface area contributed by atoms with Gasteiger partial charge in [0.15, 0.2) is 0 Å². The van der Waals surface area contributed by atoms with Crippen LogP contribution in [0.2, 0.25) is 0 Å². The van der Waals surface area contributed by atoms with Crippen LogP contribution in [0.25, 0.3) is 0 Å². The summed E-state index contributed by atoms with van der Waals surface area (Å²) in [6, 6.07) is 5.14. The number of hydrogen-bond donors (Lipinski definition) is 2. The average molecular weight is 274 g/mol. The Bertz CT molecular complexity index is 607. The fraction of sp³-hybridized carbons (Fsp3) is 0.286. The van der Waals surface area contributed by atoms with Gasteiger partial charge in [0, 0.05) is 32.4 Å². The summed E-state index contributed by atoms with van der Waals surface area (Å²) in [7, 11) is 3.44. The molecule has 1 heterocycles. The van der Waals surface area contributed by atoms with Crippen LogP contribution < -0.4 is 15.8 Å². The van der Waals surface area contributed by atoms with Crippen LogP contribution in [0, 0.1) is 0 Å². The molecule has 2 rings (SSSR count). The van der Waals surface area contributed by atoms with Crippen molar-refractivity contribution in [3.63, 3.8) is 0 Å². The molecule has 0 unspecified atom stereocenters. The van der Waals surface area contributed by atoms with Crippen LogP contribution in [0.1, 0.15) is 16.2 Å². The van der Waals surface area contributed by atoms with E-state index in [2.05, 4.69) is 10.3 Å². The van der Waals surface area contributed by atoms with Gasteiger partial charge < -0.3 is 20.4 Å². The van der Waals surface area contributed by atoms with E-state index >= 15 is 0 Å². The van der Waals surface area contributed by atoms with Crippen LogP contribution in [-0.2, 0) is 13.5 Å². The zero-order valence-corrected chi connectivity index (χ0v) is 11.6. The van der Waals surface area contributed by atoms with Crippen molar-refractivity contribution < 1.29 is 9.53 Å². The molecular weight excluding hydrogens is 256 g/mol. The molecule has 0 aliphatic carbocycles. The van der Waals surface area contributed by atoms with E-state index in [0.717, 1.165) is 5.82 Å². The van der Waals surface area contributed by atoms with Gasteiger partial charge in [0.1, 0.15) is 11.6 Å². The molecule has 6 nitrogen and oxygen atoms in total. The normalized spacial score (nSPS) is 10.3. The summed E-state index contributed by atoms with van der Waals surface area (Å²) in [4.78, 5) is 16.3. The van der Waals surface area contributed by atoms with Crippen LogP contribution in [0.15, 0.2) is 30.6 Å². The molecule has 0 saturated heterocycles. The third kappa shape index (κ3) is 2.90. The molecule has 0 bridgehead atoms. The predicted molar refractivity (Wildman–Crippen MR) is 76.7 cm³/mol. The predicted octanol–water partition coefficient (Wildman–Crippen LogP) is 0.983. The van der Waals surface area contributed by atoms with Gasteiger partial charge in [0.25, 0.3) is 5.91 Å². The molecule has 0 spiro atoms. The van der Waals surface area contributed by atoms with Crippen LogP contribution in [0.4, 0.5) is 5.69 Å². The number of imidazole rings is 1. The topological polar surface area (TPSA) is 82.2 Å². The Morgan fingerprint density at radius 2 is 2.30 bits per heavy atom. The number of hydrogen-bond acceptors (Lipinski definition) is 4. The Hall–Kier alpha value is -2.50. The standard InChI is InChI=1S/C14H18N4O2/c1-18-9-8-16-12(18)6-7-17-14(19)10-4-3-5-11(20-2)13(10)15/h3-5,8-9H,6-7,15H2,1-2H3,(H,17,19). The van der Waals surface area contributed by atoms with E-state index < -0.39 is 0 Å². The Kier molecular flexibility index (Phi) is 4.24. The average Bonchev–Trinajstić information content (AvgIpc) is 2.84. The number of rotatable bonds is 5. The number of amides is 1. The molecule has 6 heteroatoms. The van der Waals surface area contributed by atoms with Gasteiger partial charge in [-0.3, -0.25) is 4.79 Å². The van der Waals surface area contributed by atoms with Crippen molar-refractivity contribution in [2.75, 3.05) is 19.4 Å². The van der Waals surface area contributed by atoms with Gasteiger partial charge in [-0.15, -0.1) is 0 Å². The maximum atomic E-state index is 12.1. The number of ether oxygens (including phenoxy) is 1. The lowest BCUT2D eigenvalue weighted by Gasteiger charge is -2.10. The summed E-state index contributed by atoms with van der Waals surface area (Å²) in [6.45, 7) is 0.500. The Balaban J connectivity index is 1.97. The van der Waals surface area contributed by atoms with E-state index in [1.807, 2.05) is 17.8 Å². The first kappa shape index (κ1) is 13.9. The minimum atomic E-state index is -0.212. The van der Waals surface area contributed by atoms with Crippen LogP contribution >= 0.6 is 0 Å². The SMILES string of the molecule is COc1cccc(C(=O)NCCc2nccn2C)c1N. The first-order valence-corrected chi connectivity index (χ1v) is 6.30. The zero-order chi connectivity index (χ0) is 14.5. The van der Waals surface area contributed by atoms with Crippen molar-refractivity contribution in [3.05, 3.63) is 42.0 Å². The third-order valence-corrected chi connectivity index (χ3v) is 3.09. The van der Waals surface area contributed by atoms with Gasteiger partial charge in [0.2, 0.25) is 0 Å². The fourth-order valence-electron chi connectivity index (χ4n) is 1.94. The van der Waals surface area contributed by atoms with Gasteiger partial charge >= 0.3 is 0 Å². The summed E-state index contributed by atoms with van der Waals surface area (Å²) in [6.07, 6.45) is 4.27. The number of aromatic nitrogens is 2. The van der Waals surface area contributed by atoms with E-state index in [4.69, 9.17) is 10.5 Å². The molecular formula is C14H18N4O2. The summed E-state index contributed by atoms with van der Waals surface area (Å²) < 4.78 is 7.02. The molecule has 1 aromatic carbocycles. The maximum Gasteiger partial charge on any atom is 0.253 e. The molecule has 1 aromatic heterocycles. The fourth-order valence-corrected chi connectivity index (χ4v) is 1.94. The van der Waals surface area contributed by atoms with Crippen molar-refractivity contribution in [1.29, 1.82) is 0 Å². The number of carbonyl (C=O) groups is 1. The molecule has 2 aromatic rings. The van der Waals surface area contributed by atoms with Crippen LogP contribution in [0.3, 0.4) is 0 Å². The van der Waals surface area contributed by atoms with Crippen molar-refractivity contribution in [2.45, 2.75) is 6.42 Å².